The second-order valence-corrected chi connectivity index (χ2v) is 6.31. The molecule has 6 nitrogen and oxygen atoms in total. The first-order valence-corrected chi connectivity index (χ1v) is 7.45. The summed E-state index contributed by atoms with van der Waals surface area (Å²) in [5.41, 5.74) is 1.37. The van der Waals surface area contributed by atoms with Crippen LogP contribution < -0.4 is 0 Å². The van der Waals surface area contributed by atoms with Crippen molar-refractivity contribution in [3.63, 3.8) is 0 Å². The first-order chi connectivity index (χ1) is 10.0. The fraction of sp³-hybridized carbons (Fsp3) is 0.733. The van der Waals surface area contributed by atoms with Gasteiger partial charge in [-0.05, 0) is 25.7 Å². The van der Waals surface area contributed by atoms with E-state index < -0.39 is 0 Å². The quantitative estimate of drug-likeness (QED) is 0.831. The summed E-state index contributed by atoms with van der Waals surface area (Å²) in [5, 5.41) is 4.23. The van der Waals surface area contributed by atoms with Crippen molar-refractivity contribution in [1.29, 1.82) is 0 Å². The third kappa shape index (κ3) is 2.70. The van der Waals surface area contributed by atoms with Gasteiger partial charge in [0.05, 0.1) is 31.0 Å². The van der Waals surface area contributed by atoms with Crippen molar-refractivity contribution < 1.29 is 14.3 Å². The number of nitrogens with zero attached hydrogens (tertiary/aromatic N) is 3. The molecule has 0 saturated carbocycles. The van der Waals surface area contributed by atoms with Gasteiger partial charge < -0.3 is 14.4 Å². The van der Waals surface area contributed by atoms with Crippen molar-refractivity contribution in [2.45, 2.75) is 25.4 Å². The second kappa shape index (κ2) is 5.42. The third-order valence-corrected chi connectivity index (χ3v) is 4.51. The van der Waals surface area contributed by atoms with Gasteiger partial charge in [0.1, 0.15) is 5.60 Å². The first kappa shape index (κ1) is 14.5. The average Bonchev–Trinajstić information content (AvgIpc) is 2.97. The van der Waals surface area contributed by atoms with Crippen LogP contribution in [0, 0.1) is 12.8 Å². The number of ether oxygens (including phenoxy) is 2. The number of rotatable bonds is 4. The molecule has 1 aromatic rings. The Morgan fingerprint density at radius 2 is 2.33 bits per heavy atom. The monoisotopic (exact) mass is 293 g/mol. The summed E-state index contributed by atoms with van der Waals surface area (Å²) in [6, 6.07) is 0. The van der Waals surface area contributed by atoms with Gasteiger partial charge in [0.25, 0.3) is 5.91 Å². The molecule has 0 N–H and O–H groups in total. The second-order valence-electron chi connectivity index (χ2n) is 6.31. The lowest BCUT2D eigenvalue weighted by molar-refractivity contribution is -0.0950. The molecule has 1 aromatic heterocycles. The Morgan fingerprint density at radius 1 is 1.57 bits per heavy atom. The number of amides is 1. The highest BCUT2D eigenvalue weighted by Crippen LogP contribution is 2.39. The van der Waals surface area contributed by atoms with E-state index in [0.29, 0.717) is 24.6 Å². The number of carbonyl (C=O) groups is 1. The Hall–Kier alpha value is -1.40. The zero-order valence-electron chi connectivity index (χ0n) is 13.0. The molecule has 3 heterocycles. The highest BCUT2D eigenvalue weighted by Gasteiger charge is 2.51. The summed E-state index contributed by atoms with van der Waals surface area (Å²) < 4.78 is 12.8. The molecule has 116 valence electrons. The van der Waals surface area contributed by atoms with E-state index >= 15 is 0 Å². The molecule has 2 saturated heterocycles. The van der Waals surface area contributed by atoms with Crippen LogP contribution in [0.3, 0.4) is 0 Å². The highest BCUT2D eigenvalue weighted by molar-refractivity contribution is 5.95. The Bertz CT molecular complexity index is 534. The maximum atomic E-state index is 12.5. The van der Waals surface area contributed by atoms with Gasteiger partial charge in [0.15, 0.2) is 0 Å². The molecule has 1 unspecified atom stereocenters. The summed E-state index contributed by atoms with van der Waals surface area (Å²) in [7, 11) is 3.56. The minimum absolute atomic E-state index is 0.0650. The highest BCUT2D eigenvalue weighted by atomic mass is 16.5. The molecule has 0 bridgehead atoms. The van der Waals surface area contributed by atoms with Gasteiger partial charge in [-0.15, -0.1) is 0 Å². The predicted octanol–water partition coefficient (Wildman–Crippen LogP) is 0.996. The van der Waals surface area contributed by atoms with E-state index in [1.165, 1.54) is 0 Å². The maximum absolute atomic E-state index is 12.5. The summed E-state index contributed by atoms with van der Waals surface area (Å²) in [6.45, 7) is 4.84. The maximum Gasteiger partial charge on any atom is 0.257 e. The van der Waals surface area contributed by atoms with Gasteiger partial charge >= 0.3 is 0 Å². The number of aromatic nitrogens is 2. The number of hydrogen-bond donors (Lipinski definition) is 0. The van der Waals surface area contributed by atoms with Crippen LogP contribution in [0.4, 0.5) is 0 Å². The summed E-state index contributed by atoms with van der Waals surface area (Å²) in [4.78, 5) is 14.3. The molecule has 2 aliphatic heterocycles. The average molecular weight is 293 g/mol. The normalized spacial score (nSPS) is 23.6. The fourth-order valence-corrected chi connectivity index (χ4v) is 3.40. The van der Waals surface area contributed by atoms with E-state index in [4.69, 9.17) is 9.47 Å². The number of aryl methyl sites for hydroxylation is 2. The molecule has 2 fully saturated rings. The predicted molar refractivity (Wildman–Crippen MR) is 77.1 cm³/mol. The van der Waals surface area contributed by atoms with Gasteiger partial charge in [-0.1, -0.05) is 0 Å². The number of hydrogen-bond acceptors (Lipinski definition) is 4. The lowest BCUT2D eigenvalue weighted by atomic mass is 9.85. The van der Waals surface area contributed by atoms with Crippen molar-refractivity contribution in [1.82, 2.24) is 14.7 Å². The van der Waals surface area contributed by atoms with Crippen molar-refractivity contribution >= 4 is 5.91 Å². The van der Waals surface area contributed by atoms with Gasteiger partial charge in [0, 0.05) is 27.0 Å². The summed E-state index contributed by atoms with van der Waals surface area (Å²) in [6.07, 6.45) is 3.86. The van der Waals surface area contributed by atoms with E-state index in [-0.39, 0.29) is 11.5 Å². The molecule has 0 aromatic carbocycles. The lowest BCUT2D eigenvalue weighted by Crippen LogP contribution is -2.63. The zero-order valence-corrected chi connectivity index (χ0v) is 13.0. The van der Waals surface area contributed by atoms with Gasteiger partial charge in [0.2, 0.25) is 0 Å². The lowest BCUT2D eigenvalue weighted by Gasteiger charge is -2.47. The Morgan fingerprint density at radius 3 is 2.95 bits per heavy atom. The largest absolute Gasteiger partial charge is 0.385 e. The van der Waals surface area contributed by atoms with Crippen LogP contribution in [0.5, 0.6) is 0 Å². The zero-order chi connectivity index (χ0) is 15.0. The standard InChI is InChI=1S/C15H23N3O3/c1-11-13(7-17(2)16-11)14(19)18-9-15(10-18)6-12(8-21-15)4-5-20-3/h7,12H,4-6,8-10H2,1-3H3. The van der Waals surface area contributed by atoms with Crippen LogP contribution in [0.1, 0.15) is 28.9 Å². The van der Waals surface area contributed by atoms with Crippen LogP contribution >= 0.6 is 0 Å². The fourth-order valence-electron chi connectivity index (χ4n) is 3.40. The van der Waals surface area contributed by atoms with Crippen LogP contribution in [-0.2, 0) is 16.5 Å². The third-order valence-electron chi connectivity index (χ3n) is 4.51. The van der Waals surface area contributed by atoms with E-state index in [1.807, 2.05) is 18.9 Å². The molecular weight excluding hydrogens is 270 g/mol. The number of carbonyl (C=O) groups excluding carboxylic acids is 1. The molecule has 1 atom stereocenters. The molecule has 6 heteroatoms. The SMILES string of the molecule is COCCC1COC2(C1)CN(C(=O)c1cn(C)nc1C)C2. The van der Waals surface area contributed by atoms with Crippen LogP contribution in [0.15, 0.2) is 6.20 Å². The minimum Gasteiger partial charge on any atom is -0.385 e. The van der Waals surface area contributed by atoms with E-state index in [0.717, 1.165) is 31.7 Å². The molecule has 3 rings (SSSR count). The van der Waals surface area contributed by atoms with Crippen molar-refractivity contribution in [2.75, 3.05) is 33.4 Å². The molecule has 0 aliphatic carbocycles. The molecule has 21 heavy (non-hydrogen) atoms. The van der Waals surface area contributed by atoms with Gasteiger partial charge in [-0.3, -0.25) is 9.48 Å². The van der Waals surface area contributed by atoms with E-state index in [1.54, 1.807) is 18.0 Å². The molecule has 1 amide bonds. The first-order valence-electron chi connectivity index (χ1n) is 7.45. The summed E-state index contributed by atoms with van der Waals surface area (Å²) in [5.74, 6) is 0.623. The van der Waals surface area contributed by atoms with Crippen molar-refractivity contribution in [2.24, 2.45) is 13.0 Å². The van der Waals surface area contributed by atoms with E-state index in [2.05, 4.69) is 5.10 Å². The molecule has 2 aliphatic rings. The smallest absolute Gasteiger partial charge is 0.257 e. The Balaban J connectivity index is 1.56. The minimum atomic E-state index is -0.107. The summed E-state index contributed by atoms with van der Waals surface area (Å²) >= 11 is 0. The molecule has 1 spiro atoms. The van der Waals surface area contributed by atoms with Crippen molar-refractivity contribution in [3.05, 3.63) is 17.5 Å². The van der Waals surface area contributed by atoms with Crippen LogP contribution in [-0.4, -0.2) is 59.6 Å². The molecule has 0 radical (unpaired) electrons. The Kier molecular flexibility index (Phi) is 3.75. The van der Waals surface area contributed by atoms with E-state index in [9.17, 15) is 4.79 Å². The van der Waals surface area contributed by atoms with Gasteiger partial charge in [-0.2, -0.15) is 5.10 Å². The van der Waals surface area contributed by atoms with Crippen LogP contribution in [0.25, 0.3) is 0 Å². The van der Waals surface area contributed by atoms with Gasteiger partial charge in [-0.25, -0.2) is 0 Å². The number of likely N-dealkylation sites (tertiary alicyclic amines) is 1. The van der Waals surface area contributed by atoms with Crippen LogP contribution in [0.2, 0.25) is 0 Å². The van der Waals surface area contributed by atoms with Crippen molar-refractivity contribution in [3.8, 4) is 0 Å². The topological polar surface area (TPSA) is 56.6 Å². The number of methoxy groups -OCH3 is 1. The Labute approximate surface area is 125 Å². The molecular formula is C15H23N3O3.